The topological polar surface area (TPSA) is 307 Å². The zero-order valence-corrected chi connectivity index (χ0v) is 67.1. The number of unbranched alkanes of at least 4 members (excludes halogenated alkanes) is 44. The molecule has 3 heterocycles. The van der Waals surface area contributed by atoms with Crippen molar-refractivity contribution in [3.8, 4) is 0 Å². The van der Waals surface area contributed by atoms with Gasteiger partial charge in [0, 0.05) is 6.42 Å². The summed E-state index contributed by atoms with van der Waals surface area (Å²) in [7, 11) is 0. The number of carbonyl (C=O) groups is 1. The first kappa shape index (κ1) is 98.4. The lowest BCUT2D eigenvalue weighted by atomic mass is 9.96. The highest BCUT2D eigenvalue weighted by Crippen LogP contribution is 2.33. The van der Waals surface area contributed by atoms with E-state index in [0.29, 0.717) is 12.8 Å². The zero-order chi connectivity index (χ0) is 77.4. The lowest BCUT2D eigenvalue weighted by Gasteiger charge is -2.48. The van der Waals surface area contributed by atoms with Crippen molar-refractivity contribution in [2.75, 3.05) is 26.4 Å². The normalized spacial score (nSPS) is 25.9. The third-order valence-electron chi connectivity index (χ3n) is 21.5. The first-order chi connectivity index (χ1) is 52.3. The fourth-order valence-electron chi connectivity index (χ4n) is 14.5. The van der Waals surface area contributed by atoms with Gasteiger partial charge in [0.15, 0.2) is 18.9 Å². The second-order valence-corrected chi connectivity index (χ2v) is 31.0. The molecule has 19 heteroatoms. The van der Waals surface area contributed by atoms with Gasteiger partial charge in [-0.25, -0.2) is 0 Å². The van der Waals surface area contributed by atoms with Gasteiger partial charge in [0.05, 0.1) is 38.6 Å². The van der Waals surface area contributed by atoms with E-state index < -0.39 is 124 Å². The largest absolute Gasteiger partial charge is 0.394 e. The zero-order valence-electron chi connectivity index (χ0n) is 67.1. The molecule has 3 aliphatic rings. The van der Waals surface area contributed by atoms with Crippen LogP contribution in [0, 0.1) is 0 Å². The highest BCUT2D eigenvalue weighted by atomic mass is 16.8. The maximum Gasteiger partial charge on any atom is 0.220 e. The molecule has 3 rings (SSSR count). The first-order valence-corrected chi connectivity index (χ1v) is 43.7. The molecule has 0 bridgehead atoms. The van der Waals surface area contributed by atoms with Gasteiger partial charge in [0.1, 0.15) is 73.2 Å². The Balaban J connectivity index is 1.32. The van der Waals surface area contributed by atoms with E-state index in [0.717, 1.165) is 57.8 Å². The van der Waals surface area contributed by atoms with Crippen molar-refractivity contribution in [3.05, 3.63) is 72.9 Å². The molecule has 624 valence electrons. The highest BCUT2D eigenvalue weighted by Gasteiger charge is 2.54. The van der Waals surface area contributed by atoms with Gasteiger partial charge in [-0.15, -0.1) is 0 Å². The second-order valence-electron chi connectivity index (χ2n) is 31.0. The molecule has 12 N–H and O–H groups in total. The molecule has 3 aliphatic heterocycles. The quantitative estimate of drug-likeness (QED) is 0.0199. The molecule has 0 saturated carbocycles. The van der Waals surface area contributed by atoms with Crippen LogP contribution in [0.1, 0.15) is 348 Å². The maximum atomic E-state index is 13.5. The average Bonchev–Trinajstić information content (AvgIpc) is 0.781. The minimum Gasteiger partial charge on any atom is -0.394 e. The smallest absolute Gasteiger partial charge is 0.220 e. The lowest BCUT2D eigenvalue weighted by molar-refractivity contribution is -0.379. The summed E-state index contributed by atoms with van der Waals surface area (Å²) >= 11 is 0. The molecule has 19 nitrogen and oxygen atoms in total. The Bertz CT molecular complexity index is 2210. The first-order valence-electron chi connectivity index (χ1n) is 43.7. The Morgan fingerprint density at radius 3 is 1.00 bits per heavy atom. The summed E-state index contributed by atoms with van der Waals surface area (Å²) in [5, 5.41) is 121. The van der Waals surface area contributed by atoms with Crippen LogP contribution >= 0.6 is 0 Å². The van der Waals surface area contributed by atoms with Crippen molar-refractivity contribution in [1.82, 2.24) is 5.32 Å². The number of allylic oxidation sites excluding steroid dienone is 11. The van der Waals surface area contributed by atoms with Crippen LogP contribution in [-0.2, 0) is 33.2 Å². The molecule has 0 aromatic heterocycles. The van der Waals surface area contributed by atoms with Gasteiger partial charge in [-0.3, -0.25) is 4.79 Å². The van der Waals surface area contributed by atoms with Crippen molar-refractivity contribution in [3.63, 3.8) is 0 Å². The van der Waals surface area contributed by atoms with Gasteiger partial charge < -0.3 is 89.9 Å². The van der Waals surface area contributed by atoms with Crippen molar-refractivity contribution in [2.24, 2.45) is 0 Å². The Hall–Kier alpha value is -2.77. The molecule has 3 saturated heterocycles. The van der Waals surface area contributed by atoms with E-state index in [9.17, 15) is 61.0 Å². The number of aliphatic hydroxyl groups is 11. The maximum absolute atomic E-state index is 13.5. The van der Waals surface area contributed by atoms with E-state index >= 15 is 0 Å². The minimum atomic E-state index is -1.98. The number of carbonyl (C=O) groups excluding carboxylic acids is 1. The monoisotopic (exact) mass is 1520 g/mol. The fourth-order valence-corrected chi connectivity index (χ4v) is 14.5. The molecule has 1 amide bonds. The van der Waals surface area contributed by atoms with E-state index in [1.165, 1.54) is 257 Å². The average molecular weight is 1520 g/mol. The molecular formula is C88H159NO18. The van der Waals surface area contributed by atoms with E-state index in [-0.39, 0.29) is 18.9 Å². The third-order valence-corrected chi connectivity index (χ3v) is 21.5. The molecule has 0 aromatic rings. The van der Waals surface area contributed by atoms with Gasteiger partial charge >= 0.3 is 0 Å². The second kappa shape index (κ2) is 67.7. The summed E-state index contributed by atoms with van der Waals surface area (Å²) in [6.07, 6.45) is 63.4. The summed E-state index contributed by atoms with van der Waals surface area (Å²) in [6, 6.07) is -0.999. The molecule has 0 radical (unpaired) electrons. The summed E-state index contributed by atoms with van der Waals surface area (Å²) in [4.78, 5) is 13.5. The lowest BCUT2D eigenvalue weighted by Crippen LogP contribution is -2.66. The van der Waals surface area contributed by atoms with Gasteiger partial charge in [-0.1, -0.05) is 331 Å². The number of hydrogen-bond acceptors (Lipinski definition) is 18. The van der Waals surface area contributed by atoms with Crippen LogP contribution in [0.4, 0.5) is 0 Å². The Labute approximate surface area is 648 Å². The minimum absolute atomic E-state index is 0.233. The molecule has 107 heavy (non-hydrogen) atoms. The SMILES string of the molecule is CCCCCCC/C=C\C/C=C\C/C=C\CCCCCCCCCCCCCCCCCCCCCCCCCCC(=O)NC(COC1OC(CO)C(OC2OC(CO)C(OC3OC(CO)C(O)C(O)C3O)C(O)C2O)C(O)C1O)C(O)/C=C/CC/C=C/CC/C=C/CCCCCCCCCCCCCCC. The van der Waals surface area contributed by atoms with Crippen LogP contribution in [0.25, 0.3) is 0 Å². The van der Waals surface area contributed by atoms with Crippen LogP contribution in [0.15, 0.2) is 72.9 Å². The molecule has 0 aliphatic carbocycles. The number of hydrogen-bond donors (Lipinski definition) is 12. The molecule has 0 aromatic carbocycles. The third kappa shape index (κ3) is 46.9. The number of rotatable bonds is 70. The van der Waals surface area contributed by atoms with Gasteiger partial charge in [-0.2, -0.15) is 0 Å². The van der Waals surface area contributed by atoms with Crippen LogP contribution in [0.5, 0.6) is 0 Å². The molecule has 17 unspecified atom stereocenters. The Morgan fingerprint density at radius 1 is 0.336 bits per heavy atom. The van der Waals surface area contributed by atoms with E-state index in [4.69, 9.17) is 28.4 Å². The molecule has 17 atom stereocenters. The molecule has 3 fully saturated rings. The van der Waals surface area contributed by atoms with Crippen LogP contribution in [0.3, 0.4) is 0 Å². The molecular weight excluding hydrogens is 1360 g/mol. The van der Waals surface area contributed by atoms with Gasteiger partial charge in [-0.05, 0) is 83.5 Å². The number of ether oxygens (including phenoxy) is 6. The predicted octanol–water partition coefficient (Wildman–Crippen LogP) is 16.0. The van der Waals surface area contributed by atoms with Crippen molar-refractivity contribution >= 4 is 5.91 Å². The summed E-state index contributed by atoms with van der Waals surface area (Å²) in [6.45, 7) is 1.74. The van der Waals surface area contributed by atoms with E-state index in [1.54, 1.807) is 6.08 Å². The predicted molar refractivity (Wildman–Crippen MR) is 429 cm³/mol. The van der Waals surface area contributed by atoms with E-state index in [2.05, 4.69) is 79.9 Å². The summed E-state index contributed by atoms with van der Waals surface area (Å²) in [5.41, 5.74) is 0. The van der Waals surface area contributed by atoms with Crippen molar-refractivity contribution < 1.29 is 89.4 Å². The van der Waals surface area contributed by atoms with Gasteiger partial charge in [0.2, 0.25) is 5.91 Å². The Morgan fingerprint density at radius 2 is 0.626 bits per heavy atom. The van der Waals surface area contributed by atoms with Gasteiger partial charge in [0.25, 0.3) is 0 Å². The summed E-state index contributed by atoms with van der Waals surface area (Å²) in [5.74, 6) is -0.285. The fraction of sp³-hybridized carbons (Fsp3) is 0.852. The summed E-state index contributed by atoms with van der Waals surface area (Å²) < 4.78 is 34.5. The number of aliphatic hydroxyl groups excluding tert-OH is 11. The standard InChI is InChI=1S/C88H159NO18/c1-3-5-7-9-11-13-15-17-19-21-23-25-27-28-29-30-31-32-33-34-35-36-37-38-39-40-41-42-44-46-48-50-52-54-56-58-60-62-64-66-76(94)89-71(72(93)65-63-61-59-57-55-53-51-49-47-45-43-26-24-22-20-18-16-14-12-10-8-6-4-2)70-102-86-82(100)79(97)84(74(68-91)104-86)107-88-83(101)80(98)85(75(69-92)105-88)106-87-81(99)78(96)77(95)73(67-90)103-87/h15,17,21,23,27-28,47,49,55,57,63,65,71-75,77-88,90-93,95-101H,3-14,16,18-20,22,24-26,29-46,48,50-54,56,58-62,64,66-70H2,1-2H3,(H,89,94)/b17-15-,23-21-,28-27-,49-47+,57-55+,65-63+. The Kier molecular flexibility index (Phi) is 62.3. The van der Waals surface area contributed by atoms with Crippen LogP contribution in [0.2, 0.25) is 0 Å². The van der Waals surface area contributed by atoms with Crippen LogP contribution in [-0.4, -0.2) is 193 Å². The molecule has 0 spiro atoms. The van der Waals surface area contributed by atoms with Crippen molar-refractivity contribution in [1.29, 1.82) is 0 Å². The number of amides is 1. The highest BCUT2D eigenvalue weighted by molar-refractivity contribution is 5.76. The number of nitrogens with one attached hydrogen (secondary N) is 1. The van der Waals surface area contributed by atoms with Crippen molar-refractivity contribution in [2.45, 2.75) is 452 Å². The van der Waals surface area contributed by atoms with Crippen LogP contribution < -0.4 is 5.32 Å². The van der Waals surface area contributed by atoms with E-state index in [1.807, 2.05) is 6.08 Å².